The zero-order chi connectivity index (χ0) is 13.5. The summed E-state index contributed by atoms with van der Waals surface area (Å²) in [6.45, 7) is 0.538. The molecule has 0 unspecified atom stereocenters. The molecule has 0 saturated heterocycles. The molecule has 2 nitrogen and oxygen atoms in total. The van der Waals surface area contributed by atoms with E-state index in [0.29, 0.717) is 6.61 Å². The third-order valence-electron chi connectivity index (χ3n) is 2.54. The van der Waals surface area contributed by atoms with Gasteiger partial charge in [-0.1, -0.05) is 48.5 Å². The molecular formula is C16H13ClO2. The third-order valence-corrected chi connectivity index (χ3v) is 2.66. The molecule has 2 aromatic rings. The number of allylic oxidation sites excluding steroid dienone is 1. The molecule has 0 spiro atoms. The molecule has 96 valence electrons. The summed E-state index contributed by atoms with van der Waals surface area (Å²) in [4.78, 5) is 10.6. The highest BCUT2D eigenvalue weighted by atomic mass is 35.5. The van der Waals surface area contributed by atoms with Crippen molar-refractivity contribution in [1.82, 2.24) is 0 Å². The van der Waals surface area contributed by atoms with Gasteiger partial charge in [0.15, 0.2) is 0 Å². The van der Waals surface area contributed by atoms with Crippen molar-refractivity contribution in [1.29, 1.82) is 0 Å². The van der Waals surface area contributed by atoms with Crippen molar-refractivity contribution in [2.24, 2.45) is 0 Å². The summed E-state index contributed by atoms with van der Waals surface area (Å²) in [5.74, 6) is 0.790. The van der Waals surface area contributed by atoms with E-state index in [0.717, 1.165) is 16.9 Å². The lowest BCUT2D eigenvalue weighted by Gasteiger charge is -2.06. The number of carbonyl (C=O) groups excluding carboxylic acids is 1. The topological polar surface area (TPSA) is 26.3 Å². The Bertz CT molecular complexity index is 559. The number of rotatable bonds is 5. The van der Waals surface area contributed by atoms with E-state index in [1.807, 2.05) is 54.6 Å². The van der Waals surface area contributed by atoms with Crippen molar-refractivity contribution in [2.75, 3.05) is 0 Å². The Labute approximate surface area is 117 Å². The molecule has 0 radical (unpaired) electrons. The summed E-state index contributed by atoms with van der Waals surface area (Å²) in [7, 11) is 0. The predicted octanol–water partition coefficient (Wildman–Crippen LogP) is 4.04. The van der Waals surface area contributed by atoms with Crippen LogP contribution in [0.5, 0.6) is 5.75 Å². The maximum Gasteiger partial charge on any atom is 0.245 e. The zero-order valence-electron chi connectivity index (χ0n) is 10.3. The highest BCUT2D eigenvalue weighted by molar-refractivity contribution is 6.66. The van der Waals surface area contributed by atoms with Crippen molar-refractivity contribution >= 4 is 22.9 Å². The molecule has 0 aliphatic heterocycles. The van der Waals surface area contributed by atoms with Gasteiger partial charge in [0.05, 0.1) is 0 Å². The molecule has 19 heavy (non-hydrogen) atoms. The molecule has 0 N–H and O–H groups in total. The first kappa shape index (κ1) is 13.4. The van der Waals surface area contributed by atoms with Gasteiger partial charge in [-0.15, -0.1) is 0 Å². The van der Waals surface area contributed by atoms with Crippen molar-refractivity contribution < 1.29 is 9.53 Å². The van der Waals surface area contributed by atoms with Gasteiger partial charge in [0.25, 0.3) is 0 Å². The van der Waals surface area contributed by atoms with Gasteiger partial charge < -0.3 is 4.74 Å². The molecule has 0 aliphatic rings. The molecular weight excluding hydrogens is 260 g/mol. The lowest BCUT2D eigenvalue weighted by molar-refractivity contribution is -0.107. The fraction of sp³-hybridized carbons (Fsp3) is 0.0625. The predicted molar refractivity (Wildman–Crippen MR) is 77.1 cm³/mol. The van der Waals surface area contributed by atoms with Gasteiger partial charge in [0.1, 0.15) is 12.4 Å². The highest BCUT2D eigenvalue weighted by Gasteiger charge is 1.96. The fourth-order valence-corrected chi connectivity index (χ4v) is 1.64. The van der Waals surface area contributed by atoms with E-state index in [1.54, 1.807) is 6.08 Å². The van der Waals surface area contributed by atoms with Crippen molar-refractivity contribution in [3.05, 3.63) is 71.8 Å². The standard InChI is InChI=1S/C16H13ClO2/c17-16(18)11-8-13-6-9-15(10-7-13)19-12-14-4-2-1-3-5-14/h1-11H,12H2. The molecule has 0 heterocycles. The molecule has 2 rings (SSSR count). The molecule has 0 fully saturated rings. The van der Waals surface area contributed by atoms with Gasteiger partial charge in [-0.3, -0.25) is 4.79 Å². The summed E-state index contributed by atoms with van der Waals surface area (Å²) in [6, 6.07) is 17.4. The summed E-state index contributed by atoms with van der Waals surface area (Å²) in [5, 5.41) is -0.482. The van der Waals surface area contributed by atoms with Crippen LogP contribution >= 0.6 is 11.6 Å². The molecule has 0 atom stereocenters. The minimum atomic E-state index is -0.482. The van der Waals surface area contributed by atoms with Crippen molar-refractivity contribution in [2.45, 2.75) is 6.61 Å². The average molecular weight is 273 g/mol. The Morgan fingerprint density at radius 2 is 1.74 bits per heavy atom. The van der Waals surface area contributed by atoms with Crippen LogP contribution in [-0.2, 0) is 11.4 Å². The summed E-state index contributed by atoms with van der Waals surface area (Å²) in [5.41, 5.74) is 2.03. The molecule has 0 aromatic heterocycles. The first-order valence-corrected chi connectivity index (χ1v) is 6.26. The summed E-state index contributed by atoms with van der Waals surface area (Å²) in [6.07, 6.45) is 2.98. The minimum Gasteiger partial charge on any atom is -0.489 e. The van der Waals surface area contributed by atoms with Crippen LogP contribution in [0.1, 0.15) is 11.1 Å². The largest absolute Gasteiger partial charge is 0.489 e. The Hall–Kier alpha value is -2.06. The van der Waals surface area contributed by atoms with Gasteiger partial charge in [-0.05, 0) is 40.9 Å². The Morgan fingerprint density at radius 3 is 2.37 bits per heavy atom. The molecule has 0 aliphatic carbocycles. The van der Waals surface area contributed by atoms with Crippen LogP contribution < -0.4 is 4.74 Å². The van der Waals surface area contributed by atoms with Gasteiger partial charge in [0, 0.05) is 0 Å². The summed E-state index contributed by atoms with van der Waals surface area (Å²) >= 11 is 5.23. The second kappa shape index (κ2) is 6.76. The molecule has 0 bridgehead atoms. The van der Waals surface area contributed by atoms with Gasteiger partial charge in [-0.25, -0.2) is 0 Å². The maximum atomic E-state index is 10.6. The first-order chi connectivity index (χ1) is 9.24. The Balaban J connectivity index is 1.94. The summed E-state index contributed by atoms with van der Waals surface area (Å²) < 4.78 is 5.66. The van der Waals surface area contributed by atoms with Crippen LogP contribution in [0, 0.1) is 0 Å². The van der Waals surface area contributed by atoms with Crippen molar-refractivity contribution in [3.8, 4) is 5.75 Å². The lowest BCUT2D eigenvalue weighted by atomic mass is 10.2. The first-order valence-electron chi connectivity index (χ1n) is 5.88. The number of ether oxygens (including phenoxy) is 1. The Kier molecular flexibility index (Phi) is 4.76. The monoisotopic (exact) mass is 272 g/mol. The average Bonchev–Trinajstić information content (AvgIpc) is 2.45. The van der Waals surface area contributed by atoms with E-state index in [4.69, 9.17) is 16.3 Å². The van der Waals surface area contributed by atoms with E-state index in [1.165, 1.54) is 6.08 Å². The van der Waals surface area contributed by atoms with Gasteiger partial charge in [-0.2, -0.15) is 0 Å². The lowest BCUT2D eigenvalue weighted by Crippen LogP contribution is -1.94. The van der Waals surface area contributed by atoms with Crippen LogP contribution in [0.3, 0.4) is 0 Å². The van der Waals surface area contributed by atoms with Crippen LogP contribution in [0.25, 0.3) is 6.08 Å². The number of carbonyl (C=O) groups is 1. The van der Waals surface area contributed by atoms with E-state index < -0.39 is 5.24 Å². The van der Waals surface area contributed by atoms with Crippen molar-refractivity contribution in [3.63, 3.8) is 0 Å². The van der Waals surface area contributed by atoms with Crippen LogP contribution in [0.15, 0.2) is 60.7 Å². The SMILES string of the molecule is O=C(Cl)C=Cc1ccc(OCc2ccccc2)cc1. The Morgan fingerprint density at radius 1 is 1.05 bits per heavy atom. The highest BCUT2D eigenvalue weighted by Crippen LogP contribution is 2.15. The van der Waals surface area contributed by atoms with E-state index >= 15 is 0 Å². The minimum absolute atomic E-state index is 0.482. The zero-order valence-corrected chi connectivity index (χ0v) is 11.0. The second-order valence-corrected chi connectivity index (χ2v) is 4.35. The van der Waals surface area contributed by atoms with E-state index in [2.05, 4.69) is 0 Å². The van der Waals surface area contributed by atoms with Gasteiger partial charge >= 0.3 is 0 Å². The second-order valence-electron chi connectivity index (χ2n) is 3.98. The van der Waals surface area contributed by atoms with Crippen LogP contribution in [-0.4, -0.2) is 5.24 Å². The third kappa shape index (κ3) is 4.60. The van der Waals surface area contributed by atoms with E-state index in [-0.39, 0.29) is 0 Å². The van der Waals surface area contributed by atoms with Crippen LogP contribution in [0.2, 0.25) is 0 Å². The molecule has 0 saturated carbocycles. The smallest absolute Gasteiger partial charge is 0.245 e. The van der Waals surface area contributed by atoms with Crippen LogP contribution in [0.4, 0.5) is 0 Å². The number of benzene rings is 2. The van der Waals surface area contributed by atoms with E-state index in [9.17, 15) is 4.79 Å². The maximum absolute atomic E-state index is 10.6. The number of hydrogen-bond acceptors (Lipinski definition) is 2. The molecule has 0 amide bonds. The normalized spacial score (nSPS) is 10.6. The molecule has 2 aromatic carbocycles. The number of hydrogen-bond donors (Lipinski definition) is 0. The quantitative estimate of drug-likeness (QED) is 0.606. The fourth-order valence-electron chi connectivity index (χ4n) is 1.58. The van der Waals surface area contributed by atoms with Gasteiger partial charge in [0.2, 0.25) is 5.24 Å². The molecule has 3 heteroatoms. The number of halogens is 1.